The summed E-state index contributed by atoms with van der Waals surface area (Å²) in [4.78, 5) is 12.1. The van der Waals surface area contributed by atoms with E-state index in [0.29, 0.717) is 23.8 Å². The Labute approximate surface area is 137 Å². The molecule has 0 radical (unpaired) electrons. The molecule has 6 nitrogen and oxygen atoms in total. The highest BCUT2D eigenvalue weighted by atomic mass is 32.2. The van der Waals surface area contributed by atoms with Crippen molar-refractivity contribution in [1.29, 1.82) is 0 Å². The van der Waals surface area contributed by atoms with E-state index < -0.39 is 10.0 Å². The zero-order valence-corrected chi connectivity index (χ0v) is 14.2. The lowest BCUT2D eigenvalue weighted by Crippen LogP contribution is -2.17. The van der Waals surface area contributed by atoms with E-state index in [4.69, 9.17) is 9.88 Å². The molecule has 0 spiro atoms. The summed E-state index contributed by atoms with van der Waals surface area (Å²) in [7, 11) is -2.36. The predicted octanol–water partition coefficient (Wildman–Crippen LogP) is 2.64. The van der Waals surface area contributed by atoms with Crippen LogP contribution in [0.5, 0.6) is 5.75 Å². The molecule has 128 valence electrons. The number of rotatable bonds is 6. The van der Waals surface area contributed by atoms with Crippen LogP contribution in [0.15, 0.2) is 23.1 Å². The zero-order chi connectivity index (χ0) is 16.9. The Balaban J connectivity index is 2.01. The van der Waals surface area contributed by atoms with Crippen molar-refractivity contribution >= 4 is 21.6 Å². The van der Waals surface area contributed by atoms with Gasteiger partial charge in [-0.1, -0.05) is 32.1 Å². The van der Waals surface area contributed by atoms with Crippen molar-refractivity contribution in [3.8, 4) is 5.75 Å². The van der Waals surface area contributed by atoms with E-state index in [-0.39, 0.29) is 10.8 Å². The average molecular weight is 340 g/mol. The molecule has 3 N–H and O–H groups in total. The summed E-state index contributed by atoms with van der Waals surface area (Å²) in [6.45, 7) is 0. The standard InChI is InChI=1S/C16H24N2O4S/c1-22-15-9-8-13(23(17,20)21)11-14(15)18-16(19)10-7-12-5-3-2-4-6-12/h8-9,11-12H,2-7,10H2,1H3,(H,18,19)(H2,17,20,21). The van der Waals surface area contributed by atoms with Gasteiger partial charge in [0.1, 0.15) is 5.75 Å². The zero-order valence-electron chi connectivity index (χ0n) is 13.4. The van der Waals surface area contributed by atoms with Crippen LogP contribution < -0.4 is 15.2 Å². The van der Waals surface area contributed by atoms with Crippen LogP contribution in [0.25, 0.3) is 0 Å². The van der Waals surface area contributed by atoms with Gasteiger partial charge in [-0.3, -0.25) is 4.79 Å². The Hall–Kier alpha value is -1.60. The summed E-state index contributed by atoms with van der Waals surface area (Å²) in [5.41, 5.74) is 0.327. The molecule has 1 aliphatic carbocycles. The molecular formula is C16H24N2O4S. The minimum Gasteiger partial charge on any atom is -0.495 e. The number of primary sulfonamides is 1. The first-order chi connectivity index (χ1) is 10.9. The largest absolute Gasteiger partial charge is 0.495 e. The van der Waals surface area contributed by atoms with E-state index in [0.717, 1.165) is 6.42 Å². The van der Waals surface area contributed by atoms with Crippen molar-refractivity contribution in [3.63, 3.8) is 0 Å². The normalized spacial score (nSPS) is 16.1. The second-order valence-electron chi connectivity index (χ2n) is 6.00. The van der Waals surface area contributed by atoms with Gasteiger partial charge in [-0.15, -0.1) is 0 Å². The fraction of sp³-hybridized carbons (Fsp3) is 0.562. The number of carbonyl (C=O) groups excluding carboxylic acids is 1. The molecule has 0 aromatic heterocycles. The highest BCUT2D eigenvalue weighted by molar-refractivity contribution is 7.89. The van der Waals surface area contributed by atoms with Crippen molar-refractivity contribution < 1.29 is 17.9 Å². The first kappa shape index (κ1) is 17.7. The number of hydrogen-bond acceptors (Lipinski definition) is 4. The molecule has 0 saturated heterocycles. The number of amides is 1. The molecular weight excluding hydrogens is 316 g/mol. The molecule has 1 aromatic rings. The highest BCUT2D eigenvalue weighted by Gasteiger charge is 2.17. The van der Waals surface area contributed by atoms with Crippen molar-refractivity contribution in [3.05, 3.63) is 18.2 Å². The number of sulfonamides is 1. The number of methoxy groups -OCH3 is 1. The number of carbonyl (C=O) groups is 1. The molecule has 23 heavy (non-hydrogen) atoms. The van der Waals surface area contributed by atoms with Gasteiger partial charge < -0.3 is 10.1 Å². The van der Waals surface area contributed by atoms with Gasteiger partial charge in [0.15, 0.2) is 0 Å². The molecule has 1 aliphatic rings. The van der Waals surface area contributed by atoms with Crippen LogP contribution in [0.3, 0.4) is 0 Å². The SMILES string of the molecule is COc1ccc(S(N)(=O)=O)cc1NC(=O)CCC1CCCCC1. The third-order valence-electron chi connectivity index (χ3n) is 4.28. The molecule has 1 fully saturated rings. The van der Waals surface area contributed by atoms with Gasteiger partial charge >= 0.3 is 0 Å². The Morgan fingerprint density at radius 1 is 1.30 bits per heavy atom. The Bertz CT molecular complexity index is 652. The fourth-order valence-corrected chi connectivity index (χ4v) is 3.53. The summed E-state index contributed by atoms with van der Waals surface area (Å²) in [6, 6.07) is 4.16. The number of nitrogens with two attached hydrogens (primary N) is 1. The van der Waals surface area contributed by atoms with Crippen molar-refractivity contribution in [2.24, 2.45) is 11.1 Å². The summed E-state index contributed by atoms with van der Waals surface area (Å²) in [6.07, 6.45) is 7.46. The van der Waals surface area contributed by atoms with Crippen LogP contribution >= 0.6 is 0 Å². The molecule has 1 aromatic carbocycles. The third-order valence-corrected chi connectivity index (χ3v) is 5.19. The van der Waals surface area contributed by atoms with E-state index in [9.17, 15) is 13.2 Å². The Kier molecular flexibility index (Phi) is 6.01. The van der Waals surface area contributed by atoms with Crippen LogP contribution in [0.1, 0.15) is 44.9 Å². The van der Waals surface area contributed by atoms with E-state index in [2.05, 4.69) is 5.32 Å². The van der Waals surface area contributed by atoms with Crippen LogP contribution in [-0.4, -0.2) is 21.4 Å². The first-order valence-corrected chi connectivity index (χ1v) is 9.45. The maximum absolute atomic E-state index is 12.1. The number of nitrogens with one attached hydrogen (secondary N) is 1. The highest BCUT2D eigenvalue weighted by Crippen LogP contribution is 2.29. The van der Waals surface area contributed by atoms with Crippen molar-refractivity contribution in [2.45, 2.75) is 49.8 Å². The monoisotopic (exact) mass is 340 g/mol. The van der Waals surface area contributed by atoms with E-state index in [1.165, 1.54) is 57.4 Å². The number of anilines is 1. The fourth-order valence-electron chi connectivity index (χ4n) is 2.99. The topological polar surface area (TPSA) is 98.5 Å². The van der Waals surface area contributed by atoms with Crippen LogP contribution in [0, 0.1) is 5.92 Å². The minimum absolute atomic E-state index is 0.0547. The Morgan fingerprint density at radius 3 is 2.61 bits per heavy atom. The molecule has 2 rings (SSSR count). The average Bonchev–Trinajstić information content (AvgIpc) is 2.53. The predicted molar refractivity (Wildman–Crippen MR) is 88.8 cm³/mol. The molecule has 1 saturated carbocycles. The lowest BCUT2D eigenvalue weighted by molar-refractivity contribution is -0.116. The van der Waals surface area contributed by atoms with Gasteiger partial charge in [-0.25, -0.2) is 13.6 Å². The quantitative estimate of drug-likeness (QED) is 0.831. The van der Waals surface area contributed by atoms with E-state index in [1.807, 2.05) is 0 Å². The van der Waals surface area contributed by atoms with Gasteiger partial charge in [0, 0.05) is 6.42 Å². The number of ether oxygens (including phenoxy) is 1. The van der Waals surface area contributed by atoms with Crippen molar-refractivity contribution in [1.82, 2.24) is 0 Å². The Morgan fingerprint density at radius 2 is 2.00 bits per heavy atom. The molecule has 1 amide bonds. The van der Waals surface area contributed by atoms with Gasteiger partial charge in [-0.2, -0.15) is 0 Å². The molecule has 0 heterocycles. The third kappa shape index (κ3) is 5.21. The summed E-state index contributed by atoms with van der Waals surface area (Å²) < 4.78 is 28.0. The molecule has 0 unspecified atom stereocenters. The molecule has 7 heteroatoms. The van der Waals surface area contributed by atoms with Gasteiger partial charge in [0.25, 0.3) is 0 Å². The summed E-state index contributed by atoms with van der Waals surface area (Å²) in [5, 5.41) is 7.85. The number of benzene rings is 1. The van der Waals surface area contributed by atoms with Gasteiger partial charge in [0.05, 0.1) is 17.7 Å². The molecule has 0 bridgehead atoms. The summed E-state index contributed by atoms with van der Waals surface area (Å²) >= 11 is 0. The lowest BCUT2D eigenvalue weighted by atomic mass is 9.86. The second kappa shape index (κ2) is 7.79. The van der Waals surface area contributed by atoms with E-state index >= 15 is 0 Å². The summed E-state index contributed by atoms with van der Waals surface area (Å²) in [5.74, 6) is 0.885. The van der Waals surface area contributed by atoms with Crippen LogP contribution in [-0.2, 0) is 14.8 Å². The maximum Gasteiger partial charge on any atom is 0.238 e. The number of hydrogen-bond donors (Lipinski definition) is 2. The van der Waals surface area contributed by atoms with Gasteiger partial charge in [0.2, 0.25) is 15.9 Å². The smallest absolute Gasteiger partial charge is 0.238 e. The van der Waals surface area contributed by atoms with Crippen LogP contribution in [0.4, 0.5) is 5.69 Å². The van der Waals surface area contributed by atoms with Crippen LogP contribution in [0.2, 0.25) is 0 Å². The van der Waals surface area contributed by atoms with E-state index in [1.54, 1.807) is 0 Å². The first-order valence-electron chi connectivity index (χ1n) is 7.91. The van der Waals surface area contributed by atoms with Crippen molar-refractivity contribution in [2.75, 3.05) is 12.4 Å². The van der Waals surface area contributed by atoms with Gasteiger partial charge in [-0.05, 0) is 30.5 Å². The second-order valence-corrected chi connectivity index (χ2v) is 7.56. The molecule has 0 atom stereocenters. The lowest BCUT2D eigenvalue weighted by Gasteiger charge is -2.21. The maximum atomic E-state index is 12.1. The minimum atomic E-state index is -3.82. The molecule has 0 aliphatic heterocycles.